The first kappa shape index (κ1) is 18.7. The molecule has 0 atom stereocenters. The highest BCUT2D eigenvalue weighted by Gasteiger charge is 2.11. The molecular weight excluding hydrogens is 368 g/mol. The summed E-state index contributed by atoms with van der Waals surface area (Å²) in [7, 11) is 0. The molecule has 5 heteroatoms. The summed E-state index contributed by atoms with van der Waals surface area (Å²) < 4.78 is 5.64. The second kappa shape index (κ2) is 9.02. The number of hydrogen-bond donors (Lipinski definition) is 1. The monoisotopic (exact) mass is 392 g/mol. The third-order valence-electron chi connectivity index (χ3n) is 4.89. The molecule has 1 fully saturated rings. The van der Waals surface area contributed by atoms with Gasteiger partial charge in [-0.15, -0.1) is 0 Å². The van der Waals surface area contributed by atoms with Gasteiger partial charge >= 0.3 is 0 Å². The second-order valence-corrected chi connectivity index (χ2v) is 8.06. The molecule has 4 nitrogen and oxygen atoms in total. The van der Waals surface area contributed by atoms with E-state index in [1.54, 1.807) is 0 Å². The Morgan fingerprint density at radius 1 is 0.964 bits per heavy atom. The van der Waals surface area contributed by atoms with Gasteiger partial charge in [-0.2, -0.15) is 11.8 Å². The molecule has 1 aliphatic rings. The third kappa shape index (κ3) is 4.78. The van der Waals surface area contributed by atoms with Crippen molar-refractivity contribution in [3.8, 4) is 5.75 Å². The van der Waals surface area contributed by atoms with Crippen LogP contribution in [0.4, 0.5) is 5.69 Å². The smallest absolute Gasteiger partial charge is 0.258 e. The molecule has 4 rings (SSSR count). The fourth-order valence-electron chi connectivity index (χ4n) is 3.30. The molecule has 1 amide bonds. The largest absolute Gasteiger partial charge is 0.484 e. The van der Waals surface area contributed by atoms with E-state index >= 15 is 0 Å². The van der Waals surface area contributed by atoms with Crippen LogP contribution in [0.3, 0.4) is 0 Å². The van der Waals surface area contributed by atoms with Gasteiger partial charge in [0, 0.05) is 36.8 Å². The van der Waals surface area contributed by atoms with Crippen molar-refractivity contribution in [1.29, 1.82) is 0 Å². The molecule has 0 radical (unpaired) electrons. The summed E-state index contributed by atoms with van der Waals surface area (Å²) in [6.07, 6.45) is 0. The first-order valence-corrected chi connectivity index (χ1v) is 10.7. The van der Waals surface area contributed by atoms with Crippen molar-refractivity contribution in [2.75, 3.05) is 36.1 Å². The number of carbonyl (C=O) groups excluding carboxylic acids is 1. The highest BCUT2D eigenvalue weighted by Crippen LogP contribution is 2.21. The van der Waals surface area contributed by atoms with Crippen LogP contribution >= 0.6 is 11.8 Å². The van der Waals surface area contributed by atoms with Crippen LogP contribution in [0.1, 0.15) is 5.56 Å². The molecular formula is C23H24N2O2S. The van der Waals surface area contributed by atoms with Crippen LogP contribution in [-0.4, -0.2) is 37.1 Å². The normalized spacial score (nSPS) is 14.1. The Kier molecular flexibility index (Phi) is 6.02. The molecule has 3 aromatic carbocycles. The average Bonchev–Trinajstić information content (AvgIpc) is 2.77. The molecule has 0 unspecified atom stereocenters. The standard InChI is InChI=1S/C23H24N2O2S/c26-23(17-27-22-10-7-19-3-1-2-4-20(19)15-22)24-16-18-5-8-21(9-6-18)25-11-13-28-14-12-25/h1-10,15H,11-14,16-17H2,(H,24,26). The van der Waals surface area contributed by atoms with Crippen molar-refractivity contribution in [2.24, 2.45) is 0 Å². The summed E-state index contributed by atoms with van der Waals surface area (Å²) in [5.74, 6) is 2.97. The van der Waals surface area contributed by atoms with Gasteiger partial charge in [0.15, 0.2) is 6.61 Å². The number of nitrogens with zero attached hydrogens (tertiary/aromatic N) is 1. The fraction of sp³-hybridized carbons (Fsp3) is 0.261. The molecule has 144 valence electrons. The van der Waals surface area contributed by atoms with E-state index in [-0.39, 0.29) is 12.5 Å². The van der Waals surface area contributed by atoms with Gasteiger partial charge in [0.05, 0.1) is 0 Å². The minimum Gasteiger partial charge on any atom is -0.484 e. The van der Waals surface area contributed by atoms with Gasteiger partial charge in [-0.1, -0.05) is 42.5 Å². The van der Waals surface area contributed by atoms with Crippen LogP contribution in [0.15, 0.2) is 66.7 Å². The van der Waals surface area contributed by atoms with Crippen molar-refractivity contribution >= 4 is 34.1 Å². The minimum absolute atomic E-state index is 0.0157. The van der Waals surface area contributed by atoms with E-state index in [4.69, 9.17) is 4.74 Å². The van der Waals surface area contributed by atoms with Crippen molar-refractivity contribution in [1.82, 2.24) is 5.32 Å². The van der Waals surface area contributed by atoms with E-state index in [0.29, 0.717) is 12.3 Å². The van der Waals surface area contributed by atoms with E-state index in [2.05, 4.69) is 40.5 Å². The van der Waals surface area contributed by atoms with E-state index < -0.39 is 0 Å². The van der Waals surface area contributed by atoms with Crippen molar-refractivity contribution < 1.29 is 9.53 Å². The Balaban J connectivity index is 1.25. The lowest BCUT2D eigenvalue weighted by molar-refractivity contribution is -0.123. The van der Waals surface area contributed by atoms with Gasteiger partial charge in [0.25, 0.3) is 5.91 Å². The third-order valence-corrected chi connectivity index (χ3v) is 5.84. The molecule has 28 heavy (non-hydrogen) atoms. The molecule has 1 N–H and O–H groups in total. The highest BCUT2D eigenvalue weighted by atomic mass is 32.2. The summed E-state index contributed by atoms with van der Waals surface area (Å²) in [6.45, 7) is 2.73. The number of fused-ring (bicyclic) bond motifs is 1. The maximum atomic E-state index is 12.1. The maximum Gasteiger partial charge on any atom is 0.258 e. The topological polar surface area (TPSA) is 41.6 Å². The zero-order chi connectivity index (χ0) is 19.2. The van der Waals surface area contributed by atoms with Gasteiger partial charge in [-0.25, -0.2) is 0 Å². The van der Waals surface area contributed by atoms with Crippen LogP contribution in [0.25, 0.3) is 10.8 Å². The molecule has 3 aromatic rings. The van der Waals surface area contributed by atoms with E-state index in [1.807, 2.05) is 48.2 Å². The molecule has 0 saturated carbocycles. The van der Waals surface area contributed by atoms with Crippen molar-refractivity contribution in [3.05, 3.63) is 72.3 Å². The summed E-state index contributed by atoms with van der Waals surface area (Å²) in [6, 6.07) is 22.4. The molecule has 1 heterocycles. The highest BCUT2D eigenvalue weighted by molar-refractivity contribution is 7.99. The second-order valence-electron chi connectivity index (χ2n) is 6.84. The Morgan fingerprint density at radius 3 is 2.50 bits per heavy atom. The maximum absolute atomic E-state index is 12.1. The van der Waals surface area contributed by atoms with E-state index in [1.165, 1.54) is 17.2 Å². The Hall–Kier alpha value is -2.66. The number of anilines is 1. The van der Waals surface area contributed by atoms with E-state index in [9.17, 15) is 4.79 Å². The number of hydrogen-bond acceptors (Lipinski definition) is 4. The first-order valence-electron chi connectivity index (χ1n) is 9.58. The molecule has 0 spiro atoms. The van der Waals surface area contributed by atoms with Crippen LogP contribution < -0.4 is 15.0 Å². The zero-order valence-corrected chi connectivity index (χ0v) is 16.6. The van der Waals surface area contributed by atoms with Crippen molar-refractivity contribution in [3.63, 3.8) is 0 Å². The number of nitrogens with one attached hydrogen (secondary N) is 1. The number of carbonyl (C=O) groups is 1. The predicted octanol–water partition coefficient (Wildman–Crippen LogP) is 4.09. The minimum atomic E-state index is -0.120. The number of benzene rings is 3. The van der Waals surface area contributed by atoms with E-state index in [0.717, 1.165) is 29.4 Å². The van der Waals surface area contributed by atoms with Gasteiger partial charge < -0.3 is 15.0 Å². The summed E-state index contributed by atoms with van der Waals surface area (Å²) in [5.41, 5.74) is 2.35. The lowest BCUT2D eigenvalue weighted by atomic mass is 10.1. The van der Waals surface area contributed by atoms with Gasteiger partial charge in [0.1, 0.15) is 5.75 Å². The van der Waals surface area contributed by atoms with Gasteiger partial charge in [-0.05, 0) is 40.6 Å². The predicted molar refractivity (Wildman–Crippen MR) is 117 cm³/mol. The number of amides is 1. The van der Waals surface area contributed by atoms with Crippen LogP contribution in [-0.2, 0) is 11.3 Å². The Bertz CT molecular complexity index is 937. The SMILES string of the molecule is O=C(COc1ccc2ccccc2c1)NCc1ccc(N2CCSCC2)cc1. The molecule has 0 aliphatic carbocycles. The summed E-state index contributed by atoms with van der Waals surface area (Å²) >= 11 is 2.01. The Morgan fingerprint density at radius 2 is 1.71 bits per heavy atom. The van der Waals surface area contributed by atoms with Gasteiger partial charge in [-0.3, -0.25) is 4.79 Å². The molecule has 0 bridgehead atoms. The average molecular weight is 393 g/mol. The van der Waals surface area contributed by atoms with Crippen LogP contribution in [0.5, 0.6) is 5.75 Å². The number of thioether (sulfide) groups is 1. The quantitative estimate of drug-likeness (QED) is 0.686. The lowest BCUT2D eigenvalue weighted by Gasteiger charge is -2.28. The Labute approximate surface area is 169 Å². The number of ether oxygens (including phenoxy) is 1. The lowest BCUT2D eigenvalue weighted by Crippen LogP contribution is -2.32. The van der Waals surface area contributed by atoms with Crippen LogP contribution in [0, 0.1) is 0 Å². The van der Waals surface area contributed by atoms with Gasteiger partial charge in [0.2, 0.25) is 0 Å². The molecule has 1 aliphatic heterocycles. The van der Waals surface area contributed by atoms with Crippen LogP contribution in [0.2, 0.25) is 0 Å². The molecule has 1 saturated heterocycles. The fourth-order valence-corrected chi connectivity index (χ4v) is 4.21. The first-order chi connectivity index (χ1) is 13.8. The summed E-state index contributed by atoms with van der Waals surface area (Å²) in [4.78, 5) is 14.5. The molecule has 0 aromatic heterocycles. The number of rotatable bonds is 6. The van der Waals surface area contributed by atoms with Crippen molar-refractivity contribution in [2.45, 2.75) is 6.54 Å². The zero-order valence-electron chi connectivity index (χ0n) is 15.8. The summed E-state index contributed by atoms with van der Waals surface area (Å²) in [5, 5.41) is 5.19.